The number of hydrogen-bond acceptors (Lipinski definition) is 12. The number of nitrogens with two attached hydrogens (primary N) is 1. The van der Waals surface area contributed by atoms with Crippen molar-refractivity contribution in [3.63, 3.8) is 0 Å². The Morgan fingerprint density at radius 2 is 1.32 bits per heavy atom. The van der Waals surface area contributed by atoms with Gasteiger partial charge in [-0.1, -0.05) is 23.2 Å². The van der Waals surface area contributed by atoms with Crippen LogP contribution < -0.4 is 20.9 Å². The third-order valence-electron chi connectivity index (χ3n) is 7.52. The number of anilines is 3. The van der Waals surface area contributed by atoms with Gasteiger partial charge in [0.05, 0.1) is 26.4 Å². The quantitative estimate of drug-likeness (QED) is 0.252. The van der Waals surface area contributed by atoms with Crippen LogP contribution in [0.25, 0.3) is 0 Å². The molecule has 2 aromatic rings. The van der Waals surface area contributed by atoms with Gasteiger partial charge in [-0.3, -0.25) is 0 Å². The highest BCUT2D eigenvalue weighted by molar-refractivity contribution is 7.90. The van der Waals surface area contributed by atoms with Crippen molar-refractivity contribution in [3.05, 3.63) is 22.4 Å². The van der Waals surface area contributed by atoms with Crippen molar-refractivity contribution in [2.75, 3.05) is 74.0 Å². The molecule has 2 unspecified atom stereocenters. The van der Waals surface area contributed by atoms with Crippen molar-refractivity contribution in [1.29, 1.82) is 0 Å². The molecule has 0 amide bonds. The van der Waals surface area contributed by atoms with Crippen molar-refractivity contribution < 1.29 is 35.5 Å². The van der Waals surface area contributed by atoms with Gasteiger partial charge in [-0.05, 0) is 12.8 Å². The molecule has 12 nitrogen and oxygen atoms in total. The van der Waals surface area contributed by atoms with Gasteiger partial charge in [0.2, 0.25) is 32.8 Å². The van der Waals surface area contributed by atoms with Crippen molar-refractivity contribution >= 4 is 63.0 Å². The SMILES string of the molecule is CS(=O)(=O)c1nc(Cl)cc(N2CCOCC2)n1.Cl.FC1(F)CCC(Nc2nc(Cl)cc(N3CCOCC3)n2)C1.NC1CCC(F)(F)C1. The van der Waals surface area contributed by atoms with E-state index in [9.17, 15) is 26.0 Å². The number of sulfone groups is 1. The second-order valence-electron chi connectivity index (χ2n) is 11.5. The van der Waals surface area contributed by atoms with Gasteiger partial charge in [-0.15, -0.1) is 12.4 Å². The second-order valence-corrected chi connectivity index (χ2v) is 14.2. The Balaban J connectivity index is 0.000000207. The Morgan fingerprint density at radius 3 is 1.74 bits per heavy atom. The van der Waals surface area contributed by atoms with Crippen LogP contribution in [0.3, 0.4) is 0 Å². The Morgan fingerprint density at radius 1 is 0.830 bits per heavy atom. The van der Waals surface area contributed by atoms with E-state index in [1.807, 2.05) is 9.80 Å². The van der Waals surface area contributed by atoms with E-state index in [2.05, 4.69) is 25.3 Å². The van der Waals surface area contributed by atoms with Gasteiger partial charge in [0.25, 0.3) is 0 Å². The van der Waals surface area contributed by atoms with E-state index in [1.165, 1.54) is 0 Å². The van der Waals surface area contributed by atoms with Crippen molar-refractivity contribution in [1.82, 2.24) is 19.9 Å². The molecule has 3 N–H and O–H groups in total. The lowest BCUT2D eigenvalue weighted by Gasteiger charge is -2.28. The number of aromatic nitrogens is 4. The van der Waals surface area contributed by atoms with Gasteiger partial charge in [0, 0.05) is 82.3 Å². The first kappa shape index (κ1) is 39.4. The fourth-order valence-electron chi connectivity index (χ4n) is 5.17. The zero-order chi connectivity index (χ0) is 33.5. The van der Waals surface area contributed by atoms with Crippen LogP contribution in [0.2, 0.25) is 10.3 Å². The highest BCUT2D eigenvalue weighted by atomic mass is 35.5. The second kappa shape index (κ2) is 17.1. The average Bonchev–Trinajstić information content (AvgIpc) is 3.51. The van der Waals surface area contributed by atoms with E-state index in [4.69, 9.17) is 38.4 Å². The van der Waals surface area contributed by atoms with E-state index in [0.29, 0.717) is 75.1 Å². The highest BCUT2D eigenvalue weighted by Gasteiger charge is 2.40. The maximum atomic E-state index is 13.2. The van der Waals surface area contributed by atoms with E-state index >= 15 is 0 Å². The molecule has 2 aromatic heterocycles. The monoisotopic (exact) mass is 752 g/mol. The Labute approximate surface area is 287 Å². The number of hydrogen-bond donors (Lipinski definition) is 2. The minimum Gasteiger partial charge on any atom is -0.378 e. The molecule has 6 rings (SSSR count). The normalized spacial score (nSPS) is 23.5. The molecule has 0 aromatic carbocycles. The number of rotatable bonds is 5. The molecule has 4 aliphatic rings. The zero-order valence-corrected chi connectivity index (χ0v) is 28.8. The van der Waals surface area contributed by atoms with Gasteiger partial charge < -0.3 is 30.3 Å². The molecule has 0 bridgehead atoms. The van der Waals surface area contributed by atoms with Crippen molar-refractivity contribution in [2.24, 2.45) is 5.73 Å². The van der Waals surface area contributed by atoms with E-state index in [-0.39, 0.29) is 60.5 Å². The van der Waals surface area contributed by atoms with Crippen LogP contribution in [0, 0.1) is 0 Å². The summed E-state index contributed by atoms with van der Waals surface area (Å²) in [6, 6.07) is 2.67. The van der Waals surface area contributed by atoms with Crippen LogP contribution in [0.1, 0.15) is 38.5 Å². The summed E-state index contributed by atoms with van der Waals surface area (Å²) in [6.45, 7) is 5.25. The number of halogens is 7. The fourth-order valence-corrected chi connectivity index (χ4v) is 6.10. The summed E-state index contributed by atoms with van der Waals surface area (Å²) >= 11 is 11.8. The summed E-state index contributed by atoms with van der Waals surface area (Å²) in [4.78, 5) is 20.2. The van der Waals surface area contributed by atoms with Gasteiger partial charge >= 0.3 is 0 Å². The van der Waals surface area contributed by atoms with Gasteiger partial charge in [0.1, 0.15) is 21.9 Å². The molecule has 4 heterocycles. The number of nitrogens with one attached hydrogen (secondary N) is 1. The Bertz CT molecular complexity index is 1420. The average molecular weight is 754 g/mol. The van der Waals surface area contributed by atoms with Crippen LogP contribution in [0.5, 0.6) is 0 Å². The first-order chi connectivity index (χ1) is 21.6. The van der Waals surface area contributed by atoms with E-state index in [0.717, 1.165) is 19.3 Å². The number of ether oxygens (including phenoxy) is 2. The summed E-state index contributed by atoms with van der Waals surface area (Å²) in [5.41, 5.74) is 5.23. The van der Waals surface area contributed by atoms with Gasteiger partial charge in [-0.2, -0.15) is 4.98 Å². The fraction of sp³-hybridized carbons (Fsp3) is 0.704. The molecule has 2 aliphatic heterocycles. The molecule has 47 heavy (non-hydrogen) atoms. The lowest BCUT2D eigenvalue weighted by Crippen LogP contribution is -2.37. The van der Waals surface area contributed by atoms with Crippen LogP contribution in [-0.2, 0) is 19.3 Å². The Hall–Kier alpha value is -2.02. The van der Waals surface area contributed by atoms with E-state index < -0.39 is 21.7 Å². The smallest absolute Gasteiger partial charge is 0.250 e. The summed E-state index contributed by atoms with van der Waals surface area (Å²) in [7, 11) is -3.45. The van der Waals surface area contributed by atoms with Gasteiger partial charge in [0.15, 0.2) is 0 Å². The topological polar surface area (TPSA) is 149 Å². The summed E-state index contributed by atoms with van der Waals surface area (Å²) in [5, 5.41) is 3.16. The zero-order valence-electron chi connectivity index (χ0n) is 25.7. The maximum Gasteiger partial charge on any atom is 0.250 e. The highest BCUT2D eigenvalue weighted by Crippen LogP contribution is 2.36. The molecule has 20 heteroatoms. The molecule has 2 aliphatic carbocycles. The molecule has 2 saturated carbocycles. The third-order valence-corrected chi connectivity index (χ3v) is 8.76. The first-order valence-corrected chi connectivity index (χ1v) is 17.5. The van der Waals surface area contributed by atoms with Crippen LogP contribution in [0.4, 0.5) is 35.1 Å². The third kappa shape index (κ3) is 12.7. The molecule has 0 radical (unpaired) electrons. The van der Waals surface area contributed by atoms with Crippen molar-refractivity contribution in [3.8, 4) is 0 Å². The van der Waals surface area contributed by atoms with Gasteiger partial charge in [-0.25, -0.2) is 40.9 Å². The molecular formula is C27H39Cl3F4N8O4S. The molecule has 266 valence electrons. The summed E-state index contributed by atoms with van der Waals surface area (Å²) in [5.74, 6) is -3.52. The lowest BCUT2D eigenvalue weighted by atomic mass is 10.2. The number of morpholine rings is 2. The largest absolute Gasteiger partial charge is 0.378 e. The van der Waals surface area contributed by atoms with Crippen LogP contribution in [-0.4, -0.2) is 111 Å². The van der Waals surface area contributed by atoms with Crippen molar-refractivity contribution in [2.45, 2.75) is 67.6 Å². The minimum atomic E-state index is -3.45. The first-order valence-electron chi connectivity index (χ1n) is 14.8. The standard InChI is InChI=1S/C13H17ClF2N4O.C9H12ClN3O3S.C5H9F2N.ClH/c14-10-7-11(20-3-5-21-6-4-20)19-12(18-10)17-9-1-2-13(15,16)8-9;1-17(14,15)9-11-7(10)6-8(12-9)13-2-4-16-5-3-13;6-5(7)2-1-4(8)3-5;/h7,9H,1-6,8H2,(H,17,18,19);6H,2-5H2,1H3;4H,1-3,8H2;1H. The predicted octanol–water partition coefficient (Wildman–Crippen LogP) is 4.49. The van der Waals surface area contributed by atoms with E-state index in [1.54, 1.807) is 12.1 Å². The number of nitrogens with zero attached hydrogens (tertiary/aromatic N) is 6. The molecule has 2 saturated heterocycles. The maximum absolute atomic E-state index is 13.2. The molecule has 2 atom stereocenters. The summed E-state index contributed by atoms with van der Waals surface area (Å²) in [6.07, 6.45) is 1.53. The van der Waals surface area contributed by atoms with Crippen LogP contribution >= 0.6 is 35.6 Å². The van der Waals surface area contributed by atoms with Crippen LogP contribution in [0.15, 0.2) is 17.3 Å². The summed E-state index contributed by atoms with van der Waals surface area (Å²) < 4.78 is 84.0. The minimum absolute atomic E-state index is 0. The molecule has 0 spiro atoms. The molecule has 4 fully saturated rings. The molecular weight excluding hydrogens is 715 g/mol. The lowest BCUT2D eigenvalue weighted by molar-refractivity contribution is 0.00750. The number of alkyl halides is 4. The predicted molar refractivity (Wildman–Crippen MR) is 173 cm³/mol. The Kier molecular flexibility index (Phi) is 14.3.